The molecule has 0 radical (unpaired) electrons. The number of phenols is 1. The van der Waals surface area contributed by atoms with Gasteiger partial charge in [0, 0.05) is 18.2 Å². The van der Waals surface area contributed by atoms with E-state index >= 15 is 0 Å². The molecule has 0 atom stereocenters. The second-order valence-corrected chi connectivity index (χ2v) is 4.48. The van der Waals surface area contributed by atoms with Crippen LogP contribution in [0, 0.1) is 0 Å². The molecule has 5 heteroatoms. The van der Waals surface area contributed by atoms with Gasteiger partial charge in [0.05, 0.1) is 6.61 Å². The van der Waals surface area contributed by atoms with Crippen LogP contribution in [-0.4, -0.2) is 16.7 Å². The van der Waals surface area contributed by atoms with Crippen LogP contribution >= 0.6 is 0 Å². The topological polar surface area (TPSA) is 72.6 Å². The van der Waals surface area contributed by atoms with Crippen LogP contribution in [0.3, 0.4) is 0 Å². The number of ether oxygens (including phenoxy) is 1. The van der Waals surface area contributed by atoms with E-state index < -0.39 is 0 Å². The lowest BCUT2D eigenvalue weighted by atomic mass is 10.2. The average molecular weight is 271 g/mol. The summed E-state index contributed by atoms with van der Waals surface area (Å²) in [4.78, 5) is 16.1. The van der Waals surface area contributed by atoms with Gasteiger partial charge in [0.15, 0.2) is 22.5 Å². The van der Waals surface area contributed by atoms with Crippen molar-refractivity contribution in [3.05, 3.63) is 40.6 Å². The molecular weight excluding hydrogens is 258 g/mol. The summed E-state index contributed by atoms with van der Waals surface area (Å²) in [5.74, 6) is 0.859. The zero-order chi connectivity index (χ0) is 14.1. The molecule has 0 amide bonds. The Kier molecular flexibility index (Phi) is 3.02. The molecule has 1 N–H and O–H groups in total. The molecule has 0 bridgehead atoms. The van der Waals surface area contributed by atoms with Crippen LogP contribution in [0.5, 0.6) is 11.5 Å². The van der Waals surface area contributed by atoms with Crippen molar-refractivity contribution < 1.29 is 14.3 Å². The maximum atomic E-state index is 11.7. The summed E-state index contributed by atoms with van der Waals surface area (Å²) in [6, 6.07) is 7.43. The number of phenolic OH excluding ortho intramolecular Hbond substituents is 1. The highest BCUT2D eigenvalue weighted by molar-refractivity contribution is 5.79. The third kappa shape index (κ3) is 2.18. The minimum Gasteiger partial charge on any atom is -0.508 e. The second kappa shape index (κ2) is 4.85. The van der Waals surface area contributed by atoms with Gasteiger partial charge in [-0.25, -0.2) is 4.98 Å². The van der Waals surface area contributed by atoms with Crippen LogP contribution in [0.25, 0.3) is 22.6 Å². The average Bonchev–Trinajstić information content (AvgIpc) is 2.42. The van der Waals surface area contributed by atoms with E-state index in [2.05, 4.69) is 4.98 Å². The van der Waals surface area contributed by atoms with Crippen molar-refractivity contribution in [1.29, 1.82) is 0 Å². The molecule has 5 nitrogen and oxygen atoms in total. The smallest absolute Gasteiger partial charge is 0.186 e. The zero-order valence-electron chi connectivity index (χ0n) is 10.9. The Bertz CT molecular complexity index is 794. The quantitative estimate of drug-likeness (QED) is 0.741. The molecule has 0 fully saturated rings. The standard InChI is InChI=1S/C15H13NO4/c1-2-5-19-13-7-10(18)8-14-15(13)16-11-4-3-9(17)6-12(11)20-14/h3-4,6-8,17H,2,5H2,1H3. The van der Waals surface area contributed by atoms with Crippen molar-refractivity contribution in [1.82, 2.24) is 4.98 Å². The van der Waals surface area contributed by atoms with E-state index in [1.54, 1.807) is 6.07 Å². The van der Waals surface area contributed by atoms with Crippen molar-refractivity contribution in [2.24, 2.45) is 0 Å². The van der Waals surface area contributed by atoms with Crippen LogP contribution < -0.4 is 10.2 Å². The number of rotatable bonds is 3. The van der Waals surface area contributed by atoms with Gasteiger partial charge in [-0.15, -0.1) is 0 Å². The monoisotopic (exact) mass is 271 g/mol. The summed E-state index contributed by atoms with van der Waals surface area (Å²) < 4.78 is 11.2. The first-order valence-corrected chi connectivity index (χ1v) is 6.38. The summed E-state index contributed by atoms with van der Waals surface area (Å²) in [6.07, 6.45) is 0.836. The Morgan fingerprint density at radius 1 is 1.30 bits per heavy atom. The predicted octanol–water partition coefficient (Wildman–Crippen LogP) is 2.79. The van der Waals surface area contributed by atoms with Gasteiger partial charge < -0.3 is 14.3 Å². The van der Waals surface area contributed by atoms with Crippen LogP contribution in [0.15, 0.2) is 39.5 Å². The molecule has 1 aliphatic carbocycles. The summed E-state index contributed by atoms with van der Waals surface area (Å²) in [5, 5.41) is 9.45. The Hall–Kier alpha value is -2.56. The van der Waals surface area contributed by atoms with Crippen molar-refractivity contribution in [3.8, 4) is 23.0 Å². The van der Waals surface area contributed by atoms with Gasteiger partial charge in [0.2, 0.25) is 0 Å². The fourth-order valence-corrected chi connectivity index (χ4v) is 1.98. The lowest BCUT2D eigenvalue weighted by molar-refractivity contribution is 0.316. The lowest BCUT2D eigenvalue weighted by Crippen LogP contribution is -2.06. The first-order valence-electron chi connectivity index (χ1n) is 6.38. The van der Waals surface area contributed by atoms with Crippen molar-refractivity contribution >= 4 is 11.1 Å². The van der Waals surface area contributed by atoms with E-state index in [4.69, 9.17) is 9.15 Å². The Morgan fingerprint density at radius 3 is 2.95 bits per heavy atom. The van der Waals surface area contributed by atoms with Gasteiger partial charge in [-0.05, 0) is 18.6 Å². The largest absolute Gasteiger partial charge is 0.508 e. The number of benzene rings is 2. The molecule has 1 aliphatic heterocycles. The SMILES string of the molecule is CCCOc1cc(=O)cc2oc3cc(O)ccc3nc1-2. The van der Waals surface area contributed by atoms with Crippen LogP contribution in [0.4, 0.5) is 0 Å². The number of hydrogen-bond acceptors (Lipinski definition) is 5. The lowest BCUT2D eigenvalue weighted by Gasteiger charge is -2.11. The van der Waals surface area contributed by atoms with E-state index in [-0.39, 0.29) is 11.2 Å². The van der Waals surface area contributed by atoms with Gasteiger partial charge in [-0.2, -0.15) is 0 Å². The molecule has 1 aromatic carbocycles. The summed E-state index contributed by atoms with van der Waals surface area (Å²) in [7, 11) is 0. The fourth-order valence-electron chi connectivity index (χ4n) is 1.98. The first kappa shape index (κ1) is 12.5. The molecule has 1 aromatic rings. The summed E-state index contributed by atoms with van der Waals surface area (Å²) in [5.41, 5.74) is 1.32. The molecule has 0 spiro atoms. The van der Waals surface area contributed by atoms with Gasteiger partial charge >= 0.3 is 0 Å². The van der Waals surface area contributed by atoms with Crippen molar-refractivity contribution in [3.63, 3.8) is 0 Å². The van der Waals surface area contributed by atoms with Crippen LogP contribution in [0.2, 0.25) is 0 Å². The molecule has 0 unspecified atom stereocenters. The molecule has 20 heavy (non-hydrogen) atoms. The fraction of sp³-hybridized carbons (Fsp3) is 0.200. The van der Waals surface area contributed by atoms with Gasteiger partial charge in [-0.3, -0.25) is 4.79 Å². The molecule has 1 heterocycles. The van der Waals surface area contributed by atoms with Crippen LogP contribution in [0.1, 0.15) is 13.3 Å². The molecule has 0 saturated carbocycles. The maximum Gasteiger partial charge on any atom is 0.186 e. The van der Waals surface area contributed by atoms with Gasteiger partial charge in [0.1, 0.15) is 17.0 Å². The Morgan fingerprint density at radius 2 is 2.15 bits per heavy atom. The van der Waals surface area contributed by atoms with E-state index in [0.717, 1.165) is 6.42 Å². The Labute approximate surface area is 114 Å². The second-order valence-electron chi connectivity index (χ2n) is 4.48. The number of hydrogen-bond donors (Lipinski definition) is 1. The highest BCUT2D eigenvalue weighted by atomic mass is 16.5. The van der Waals surface area contributed by atoms with Crippen molar-refractivity contribution in [2.45, 2.75) is 13.3 Å². The number of aromatic hydroxyl groups is 1. The maximum absolute atomic E-state index is 11.7. The summed E-state index contributed by atoms with van der Waals surface area (Å²) in [6.45, 7) is 2.49. The third-order valence-corrected chi connectivity index (χ3v) is 2.87. The van der Waals surface area contributed by atoms with Crippen molar-refractivity contribution in [2.75, 3.05) is 6.61 Å². The highest BCUT2D eigenvalue weighted by Crippen LogP contribution is 2.32. The molecular formula is C15H13NO4. The van der Waals surface area contributed by atoms with Gasteiger partial charge in [-0.1, -0.05) is 6.92 Å². The zero-order valence-corrected chi connectivity index (χ0v) is 10.9. The highest BCUT2D eigenvalue weighted by Gasteiger charge is 2.16. The number of fused-ring (bicyclic) bond motifs is 2. The van der Waals surface area contributed by atoms with Crippen LogP contribution in [-0.2, 0) is 0 Å². The summed E-state index contributed by atoms with van der Waals surface area (Å²) >= 11 is 0. The molecule has 0 saturated heterocycles. The van der Waals surface area contributed by atoms with Gasteiger partial charge in [0.25, 0.3) is 0 Å². The normalized spacial score (nSPS) is 11.1. The van der Waals surface area contributed by atoms with E-state index in [9.17, 15) is 9.90 Å². The minimum atomic E-state index is -0.200. The van der Waals surface area contributed by atoms with E-state index in [1.165, 1.54) is 24.3 Å². The molecule has 3 rings (SSSR count). The molecule has 0 aromatic heterocycles. The number of aromatic nitrogens is 1. The third-order valence-electron chi connectivity index (χ3n) is 2.87. The van der Waals surface area contributed by atoms with E-state index in [0.29, 0.717) is 34.9 Å². The Balaban J connectivity index is 2.26. The minimum absolute atomic E-state index is 0.0862. The molecule has 2 aliphatic rings. The first-order chi connectivity index (χ1) is 9.67. The molecule has 102 valence electrons. The van der Waals surface area contributed by atoms with E-state index in [1.807, 2.05) is 6.92 Å². The predicted molar refractivity (Wildman–Crippen MR) is 74.4 cm³/mol. The number of nitrogens with zero attached hydrogens (tertiary/aromatic N) is 1.